The molecule has 0 saturated heterocycles. The normalized spacial score (nSPS) is 5.77. The van der Waals surface area contributed by atoms with E-state index in [0.717, 1.165) is 41.5 Å². The molecule has 0 saturated carbocycles. The molecule has 148 valence electrons. The van der Waals surface area contributed by atoms with Gasteiger partial charge in [0.1, 0.15) is 0 Å². The number of carbonyl (C=O) groups is 6. The summed E-state index contributed by atoms with van der Waals surface area (Å²) in [6.45, 7) is 5.83. The summed E-state index contributed by atoms with van der Waals surface area (Å²) in [4.78, 5) is 53.3. The minimum atomic E-state index is -1.08. The number of hydrogen-bond acceptors (Lipinski definition) is 12. The van der Waals surface area contributed by atoms with Crippen molar-refractivity contribution in [3.8, 4) is 0 Å². The molecule has 0 aromatic heterocycles. The van der Waals surface area contributed by atoms with Gasteiger partial charge >= 0.3 is 82.1 Å². The van der Waals surface area contributed by atoms with Gasteiger partial charge in [-0.1, -0.05) is 0 Å². The number of aliphatic carboxylic acids is 6. The minimum Gasteiger partial charge on any atom is -0.550 e. The maximum absolute atomic E-state index is 8.89. The molecule has 0 aromatic carbocycles. The summed E-state index contributed by atoms with van der Waals surface area (Å²) in [7, 11) is 0. The molecular formula is C12H18CeO12Sm. The first-order valence-electron chi connectivity index (χ1n) is 5.45. The zero-order valence-corrected chi connectivity index (χ0v) is 20.6. The molecule has 0 fully saturated rings. The van der Waals surface area contributed by atoms with Crippen molar-refractivity contribution in [1.29, 1.82) is 0 Å². The molecule has 0 aliphatic heterocycles. The SMILES string of the molecule is CC(=O)[O-].CC(=O)[O-].CC(=O)[O-].CC(=O)[O-].CC(=O)[O-].CC(=O)[O-].[Ce+3].[Sm+3]. The van der Waals surface area contributed by atoms with Gasteiger partial charge in [0.15, 0.2) is 0 Å². The second kappa shape index (κ2) is 44.2. The third-order valence-electron chi connectivity index (χ3n) is 0. The van der Waals surface area contributed by atoms with E-state index >= 15 is 0 Å². The fourth-order valence-electron chi connectivity index (χ4n) is 0. The average Bonchev–Trinajstić information content (AvgIpc) is 2.08. The van der Waals surface area contributed by atoms with E-state index in [1.165, 1.54) is 0 Å². The van der Waals surface area contributed by atoms with Crippen molar-refractivity contribution in [2.75, 3.05) is 0 Å². The first-order valence-corrected chi connectivity index (χ1v) is 5.45. The van der Waals surface area contributed by atoms with Crippen LogP contribution in [0, 0.1) is 82.1 Å². The summed E-state index contributed by atoms with van der Waals surface area (Å²) in [6.07, 6.45) is 0. The molecule has 26 heavy (non-hydrogen) atoms. The maximum Gasteiger partial charge on any atom is 3.00 e. The predicted molar refractivity (Wildman–Crippen MR) is 64.1 cm³/mol. The van der Waals surface area contributed by atoms with E-state index < -0.39 is 35.8 Å². The maximum atomic E-state index is 8.89. The predicted octanol–water partition coefficient (Wildman–Crippen LogP) is -7.46. The molecule has 0 N–H and O–H groups in total. The van der Waals surface area contributed by atoms with E-state index in [0.29, 0.717) is 0 Å². The Bertz CT molecular complexity index is 267. The molecule has 0 unspecified atom stereocenters. The Morgan fingerprint density at radius 1 is 0.385 bits per heavy atom. The molecule has 0 bridgehead atoms. The Labute approximate surface area is 216 Å². The van der Waals surface area contributed by atoms with Crippen LogP contribution in [0.5, 0.6) is 0 Å². The van der Waals surface area contributed by atoms with Crippen molar-refractivity contribution in [2.24, 2.45) is 0 Å². The number of hydrogen-bond donors (Lipinski definition) is 0. The van der Waals surface area contributed by atoms with E-state index in [9.17, 15) is 0 Å². The molecule has 0 atom stereocenters. The Balaban J connectivity index is -0.0000000245. The zero-order chi connectivity index (χ0) is 21.5. The van der Waals surface area contributed by atoms with E-state index in [-0.39, 0.29) is 82.1 Å². The number of rotatable bonds is 0. The summed E-state index contributed by atoms with van der Waals surface area (Å²) in [6, 6.07) is 0. The van der Waals surface area contributed by atoms with E-state index in [1.807, 2.05) is 0 Å². The molecule has 12 nitrogen and oxygen atoms in total. The Kier molecular flexibility index (Phi) is 85.0. The van der Waals surface area contributed by atoms with Gasteiger partial charge in [-0.3, -0.25) is 0 Å². The monoisotopic (exact) mass is 646 g/mol. The molecule has 0 spiro atoms. The Hall–Kier alpha value is -0.466. The summed E-state index contributed by atoms with van der Waals surface area (Å²) in [5.74, 6) is -6.50. The Morgan fingerprint density at radius 3 is 0.385 bits per heavy atom. The van der Waals surface area contributed by atoms with Crippen molar-refractivity contribution in [2.45, 2.75) is 41.5 Å². The van der Waals surface area contributed by atoms with Gasteiger partial charge in [-0.2, -0.15) is 0 Å². The number of carboxylic acid groups (broad SMARTS) is 6. The van der Waals surface area contributed by atoms with Gasteiger partial charge in [-0.05, 0) is 41.5 Å². The van der Waals surface area contributed by atoms with Crippen LogP contribution in [-0.2, 0) is 28.8 Å². The molecule has 2 radical (unpaired) electrons. The van der Waals surface area contributed by atoms with Gasteiger partial charge in [0.05, 0.1) is 0 Å². The van der Waals surface area contributed by atoms with Crippen molar-refractivity contribution in [3.05, 3.63) is 0 Å². The van der Waals surface area contributed by atoms with Crippen molar-refractivity contribution in [1.82, 2.24) is 0 Å². The van der Waals surface area contributed by atoms with Gasteiger partial charge in [0, 0.05) is 35.8 Å². The van der Waals surface area contributed by atoms with Gasteiger partial charge in [0.25, 0.3) is 0 Å². The fraction of sp³-hybridized carbons (Fsp3) is 0.500. The second-order valence-electron chi connectivity index (χ2n) is 2.95. The molecule has 0 amide bonds. The second-order valence-corrected chi connectivity index (χ2v) is 2.95. The van der Waals surface area contributed by atoms with Crippen LogP contribution in [0.2, 0.25) is 0 Å². The van der Waals surface area contributed by atoms with Crippen LogP contribution in [0.1, 0.15) is 41.5 Å². The molecule has 0 heterocycles. The number of carbonyl (C=O) groups excluding carboxylic acids is 6. The first-order chi connectivity index (χ1) is 10.4. The van der Waals surface area contributed by atoms with Crippen LogP contribution >= 0.6 is 0 Å². The van der Waals surface area contributed by atoms with Crippen LogP contribution in [0.3, 0.4) is 0 Å². The van der Waals surface area contributed by atoms with E-state index in [4.69, 9.17) is 59.4 Å². The zero-order valence-electron chi connectivity index (χ0n) is 14.8. The van der Waals surface area contributed by atoms with Crippen LogP contribution in [0.15, 0.2) is 0 Å². The number of carboxylic acids is 6. The van der Waals surface area contributed by atoms with E-state index in [2.05, 4.69) is 0 Å². The third kappa shape index (κ3) is 55100. The average molecular weight is 645 g/mol. The quantitative estimate of drug-likeness (QED) is 0.239. The molecule has 14 heteroatoms. The van der Waals surface area contributed by atoms with Crippen LogP contribution in [0.25, 0.3) is 0 Å². The van der Waals surface area contributed by atoms with Crippen LogP contribution in [-0.4, -0.2) is 35.8 Å². The molecule has 0 rings (SSSR count). The standard InChI is InChI=1S/6C2H4O2.Ce.Sm/c6*1-2(3)4;;/h6*1H3,(H,3,4);;/q;;;;;;2*+3/p-6. The van der Waals surface area contributed by atoms with Gasteiger partial charge < -0.3 is 59.4 Å². The summed E-state index contributed by atoms with van der Waals surface area (Å²) < 4.78 is 0. The first kappa shape index (κ1) is 50.0. The van der Waals surface area contributed by atoms with Crippen LogP contribution in [0.4, 0.5) is 0 Å². The fourth-order valence-corrected chi connectivity index (χ4v) is 0. The van der Waals surface area contributed by atoms with E-state index in [1.54, 1.807) is 0 Å². The van der Waals surface area contributed by atoms with Crippen molar-refractivity contribution >= 4 is 35.8 Å². The Morgan fingerprint density at radius 2 is 0.385 bits per heavy atom. The van der Waals surface area contributed by atoms with Crippen molar-refractivity contribution < 1.29 is 142 Å². The van der Waals surface area contributed by atoms with Crippen LogP contribution < -0.4 is 30.6 Å². The molecule has 0 aliphatic rings. The van der Waals surface area contributed by atoms with Gasteiger partial charge in [-0.25, -0.2) is 0 Å². The van der Waals surface area contributed by atoms with Gasteiger partial charge in [-0.15, -0.1) is 0 Å². The minimum absolute atomic E-state index is 0. The molecule has 0 aromatic rings. The summed E-state index contributed by atoms with van der Waals surface area (Å²) in [5, 5.41) is 53.3. The molecule has 0 aliphatic carbocycles. The summed E-state index contributed by atoms with van der Waals surface area (Å²) >= 11 is 0. The topological polar surface area (TPSA) is 241 Å². The summed E-state index contributed by atoms with van der Waals surface area (Å²) in [5.41, 5.74) is 0. The smallest absolute Gasteiger partial charge is 0.550 e. The van der Waals surface area contributed by atoms with Gasteiger partial charge in [0.2, 0.25) is 0 Å². The molecular weight excluding hydrogens is 627 g/mol. The third-order valence-corrected chi connectivity index (χ3v) is 0. The van der Waals surface area contributed by atoms with Crippen molar-refractivity contribution in [3.63, 3.8) is 0 Å². The largest absolute Gasteiger partial charge is 3.00 e.